The molecule has 2 saturated heterocycles. The van der Waals surface area contributed by atoms with Gasteiger partial charge in [-0.1, -0.05) is 0 Å². The maximum atomic E-state index is 13.6. The quantitative estimate of drug-likeness (QED) is 0.492. The lowest BCUT2D eigenvalue weighted by atomic mass is 9.98. The number of hydrogen-bond donors (Lipinski definition) is 2. The number of amides is 1. The number of H-pyrrole nitrogens is 1. The third kappa shape index (κ3) is 4.84. The van der Waals surface area contributed by atoms with Crippen LogP contribution in [0.3, 0.4) is 0 Å². The predicted molar refractivity (Wildman–Crippen MR) is 118 cm³/mol. The largest absolute Gasteiger partial charge is 0.485 e. The maximum absolute atomic E-state index is 13.6. The number of nitrogens with zero attached hydrogens (tertiary/aromatic N) is 4. The molecule has 9 nitrogen and oxygen atoms in total. The summed E-state index contributed by atoms with van der Waals surface area (Å²) in [5.74, 6) is -4.20. The molecule has 0 aliphatic carbocycles. The second-order valence-corrected chi connectivity index (χ2v) is 8.44. The lowest BCUT2D eigenvalue weighted by Crippen LogP contribution is -2.41. The molecule has 2 aliphatic heterocycles. The number of hydrogen-bond acceptors (Lipinski definition) is 7. The molecule has 0 bridgehead atoms. The molecule has 0 spiro atoms. The molecular weight excluding hydrogens is 465 g/mol. The van der Waals surface area contributed by atoms with Crippen molar-refractivity contribution >= 4 is 11.7 Å². The Morgan fingerprint density at radius 3 is 2.74 bits per heavy atom. The van der Waals surface area contributed by atoms with Crippen LogP contribution >= 0.6 is 0 Å². The van der Waals surface area contributed by atoms with Gasteiger partial charge < -0.3 is 14.8 Å². The summed E-state index contributed by atoms with van der Waals surface area (Å²) in [7, 11) is 0. The van der Waals surface area contributed by atoms with Crippen LogP contribution in [0.15, 0.2) is 30.6 Å². The molecule has 1 amide bonds. The Bertz CT molecular complexity index is 1180. The van der Waals surface area contributed by atoms with Gasteiger partial charge in [0.05, 0.1) is 19.0 Å². The van der Waals surface area contributed by atoms with Crippen LogP contribution in [0, 0.1) is 23.4 Å². The fourth-order valence-electron chi connectivity index (χ4n) is 4.33. The van der Waals surface area contributed by atoms with E-state index in [1.807, 2.05) is 0 Å². The number of nitrogens with one attached hydrogen (secondary N) is 2. The smallest absolute Gasteiger partial charge is 0.231 e. The van der Waals surface area contributed by atoms with Gasteiger partial charge in [0.2, 0.25) is 5.91 Å². The van der Waals surface area contributed by atoms with Crippen molar-refractivity contribution in [2.75, 3.05) is 37.7 Å². The highest BCUT2D eigenvalue weighted by Gasteiger charge is 2.37. The Kier molecular flexibility index (Phi) is 6.64. The van der Waals surface area contributed by atoms with Gasteiger partial charge in [0.1, 0.15) is 18.4 Å². The van der Waals surface area contributed by atoms with Gasteiger partial charge in [-0.25, -0.2) is 13.2 Å². The molecule has 5 rings (SSSR count). The Morgan fingerprint density at radius 1 is 1.20 bits per heavy atom. The number of carbonyl (C=O) groups is 1. The fourth-order valence-corrected chi connectivity index (χ4v) is 4.33. The van der Waals surface area contributed by atoms with Crippen LogP contribution in [0.2, 0.25) is 0 Å². The van der Waals surface area contributed by atoms with Crippen molar-refractivity contribution in [2.24, 2.45) is 5.92 Å². The van der Waals surface area contributed by atoms with Crippen molar-refractivity contribution in [1.29, 1.82) is 0 Å². The predicted octanol–water partition coefficient (Wildman–Crippen LogP) is 2.25. The van der Waals surface area contributed by atoms with Crippen molar-refractivity contribution in [1.82, 2.24) is 25.7 Å². The monoisotopic (exact) mass is 488 g/mol. The van der Waals surface area contributed by atoms with E-state index in [9.17, 15) is 18.0 Å². The van der Waals surface area contributed by atoms with Gasteiger partial charge >= 0.3 is 0 Å². The highest BCUT2D eigenvalue weighted by molar-refractivity contribution is 5.98. The summed E-state index contributed by atoms with van der Waals surface area (Å²) >= 11 is 0. The minimum atomic E-state index is -1.53. The van der Waals surface area contributed by atoms with Crippen LogP contribution in [0.4, 0.5) is 19.0 Å². The lowest BCUT2D eigenvalue weighted by molar-refractivity contribution is -0.120. The van der Waals surface area contributed by atoms with E-state index < -0.39 is 23.4 Å². The highest BCUT2D eigenvalue weighted by Crippen LogP contribution is 2.39. The number of benzene rings is 1. The van der Waals surface area contributed by atoms with E-state index in [1.165, 1.54) is 11.1 Å². The van der Waals surface area contributed by atoms with Gasteiger partial charge in [-0.05, 0) is 36.6 Å². The second-order valence-electron chi connectivity index (χ2n) is 8.44. The van der Waals surface area contributed by atoms with Crippen LogP contribution in [-0.4, -0.2) is 65.3 Å². The highest BCUT2D eigenvalue weighted by atomic mass is 19.2. The van der Waals surface area contributed by atoms with Crippen molar-refractivity contribution in [2.45, 2.75) is 18.9 Å². The van der Waals surface area contributed by atoms with Crippen LogP contribution in [0.1, 0.15) is 12.0 Å². The standard InChI is InChI=1S/C23H23F3N6O3/c24-17-8-13(9-18(25)19(17)26)7-14-2-5-32(23(14)33)22-21(35-12-16-11-27-4-6-34-16)20(30-31-22)15-1-3-28-29-10-15/h1,3,8-10,14,16,27H,2,4-7,11-12H2,(H,30,31). The van der Waals surface area contributed by atoms with E-state index in [2.05, 4.69) is 25.7 Å². The summed E-state index contributed by atoms with van der Waals surface area (Å²) in [5.41, 5.74) is 1.43. The van der Waals surface area contributed by atoms with E-state index in [4.69, 9.17) is 9.47 Å². The van der Waals surface area contributed by atoms with Crippen LogP contribution in [0.25, 0.3) is 11.3 Å². The first-order chi connectivity index (χ1) is 17.0. The summed E-state index contributed by atoms with van der Waals surface area (Å²) in [6.07, 6.45) is 3.43. The second kappa shape index (κ2) is 10.0. The third-order valence-corrected chi connectivity index (χ3v) is 6.09. The Hall–Kier alpha value is -3.51. The molecule has 2 aromatic heterocycles. The van der Waals surface area contributed by atoms with Crippen LogP contribution in [0.5, 0.6) is 5.75 Å². The molecule has 2 fully saturated rings. The van der Waals surface area contributed by atoms with Gasteiger partial charge in [-0.15, -0.1) is 0 Å². The van der Waals surface area contributed by atoms with Crippen molar-refractivity contribution in [3.05, 3.63) is 53.6 Å². The number of halogens is 3. The fraction of sp³-hybridized carbons (Fsp3) is 0.391. The molecule has 0 saturated carbocycles. The summed E-state index contributed by atoms with van der Waals surface area (Å²) in [6, 6.07) is 3.58. The minimum Gasteiger partial charge on any atom is -0.485 e. The number of anilines is 1. The Balaban J connectivity index is 1.38. The minimum absolute atomic E-state index is 0.0762. The molecule has 184 valence electrons. The maximum Gasteiger partial charge on any atom is 0.231 e. The Labute approximate surface area is 198 Å². The van der Waals surface area contributed by atoms with E-state index >= 15 is 0 Å². The van der Waals surface area contributed by atoms with Gasteiger partial charge in [-0.3, -0.25) is 14.8 Å². The summed E-state index contributed by atoms with van der Waals surface area (Å²) in [6.45, 7) is 2.56. The average molecular weight is 488 g/mol. The first kappa shape index (κ1) is 23.2. The van der Waals surface area contributed by atoms with E-state index in [1.54, 1.807) is 12.3 Å². The molecule has 4 heterocycles. The van der Waals surface area contributed by atoms with E-state index in [0.29, 0.717) is 48.9 Å². The number of aromatic nitrogens is 4. The summed E-state index contributed by atoms with van der Waals surface area (Å²) in [5, 5.41) is 18.2. The van der Waals surface area contributed by atoms with Crippen LogP contribution in [-0.2, 0) is 16.0 Å². The summed E-state index contributed by atoms with van der Waals surface area (Å²) in [4.78, 5) is 14.7. The third-order valence-electron chi connectivity index (χ3n) is 6.09. The lowest BCUT2D eigenvalue weighted by Gasteiger charge is -2.24. The molecule has 1 aromatic carbocycles. The molecule has 2 N–H and O–H groups in total. The molecule has 2 unspecified atom stereocenters. The zero-order valence-electron chi connectivity index (χ0n) is 18.6. The first-order valence-electron chi connectivity index (χ1n) is 11.3. The van der Waals surface area contributed by atoms with E-state index in [-0.39, 0.29) is 30.6 Å². The number of rotatable bonds is 7. The molecule has 2 aliphatic rings. The average Bonchev–Trinajstić information content (AvgIpc) is 3.45. The normalized spacial score (nSPS) is 20.4. The zero-order chi connectivity index (χ0) is 24.4. The SMILES string of the molecule is O=C1C(Cc2cc(F)c(F)c(F)c2)CCN1c1n[nH]c(-c2ccnnc2)c1OCC1CNCCO1. The molecule has 0 radical (unpaired) electrons. The molecule has 3 aromatic rings. The van der Waals surface area contributed by atoms with Gasteiger partial charge in [0.25, 0.3) is 0 Å². The zero-order valence-corrected chi connectivity index (χ0v) is 18.6. The van der Waals surface area contributed by atoms with Crippen molar-refractivity contribution in [3.63, 3.8) is 0 Å². The van der Waals surface area contributed by atoms with Gasteiger partial charge in [-0.2, -0.15) is 15.3 Å². The summed E-state index contributed by atoms with van der Waals surface area (Å²) < 4.78 is 52.4. The molecule has 2 atom stereocenters. The van der Waals surface area contributed by atoms with Gasteiger partial charge in [0.15, 0.2) is 29.0 Å². The van der Waals surface area contributed by atoms with Gasteiger partial charge in [0, 0.05) is 31.1 Å². The van der Waals surface area contributed by atoms with Crippen molar-refractivity contribution in [3.8, 4) is 17.0 Å². The molecule has 35 heavy (non-hydrogen) atoms. The first-order valence-corrected chi connectivity index (χ1v) is 11.3. The van der Waals surface area contributed by atoms with E-state index in [0.717, 1.165) is 18.7 Å². The van der Waals surface area contributed by atoms with Crippen LogP contribution < -0.4 is 15.0 Å². The number of ether oxygens (including phenoxy) is 2. The Morgan fingerprint density at radius 2 is 2.03 bits per heavy atom. The number of aromatic amines is 1. The number of carbonyl (C=O) groups excluding carboxylic acids is 1. The molecular formula is C23H23F3N6O3. The van der Waals surface area contributed by atoms with Crippen molar-refractivity contribution < 1.29 is 27.4 Å². The topological polar surface area (TPSA) is 105 Å². The number of morpholine rings is 1. The molecule has 12 heteroatoms.